The minimum atomic E-state index is -0.163. The van der Waals surface area contributed by atoms with Gasteiger partial charge < -0.3 is 24.1 Å². The number of hydrogen-bond donors (Lipinski definition) is 1. The van der Waals surface area contributed by atoms with Crippen molar-refractivity contribution >= 4 is 23.4 Å². The fraction of sp³-hybridized carbons (Fsp3) is 0.348. The monoisotopic (exact) mass is 454 g/mol. The molecule has 1 aliphatic heterocycles. The molecule has 3 aromatic rings. The molecule has 1 atom stereocenters. The van der Waals surface area contributed by atoms with Gasteiger partial charge in [-0.2, -0.15) is 0 Å². The van der Waals surface area contributed by atoms with Gasteiger partial charge in [0.2, 0.25) is 5.91 Å². The summed E-state index contributed by atoms with van der Waals surface area (Å²) in [5.41, 5.74) is 2.55. The number of benzene rings is 2. The molecule has 2 aromatic carbocycles. The van der Waals surface area contributed by atoms with Crippen LogP contribution in [0.2, 0.25) is 0 Å². The van der Waals surface area contributed by atoms with E-state index in [2.05, 4.69) is 15.5 Å². The van der Waals surface area contributed by atoms with Gasteiger partial charge in [0, 0.05) is 25.1 Å². The molecule has 0 saturated carbocycles. The van der Waals surface area contributed by atoms with Crippen molar-refractivity contribution in [2.75, 3.05) is 24.8 Å². The molecule has 1 aliphatic rings. The number of amides is 1. The van der Waals surface area contributed by atoms with Crippen LogP contribution < -0.4 is 19.5 Å². The van der Waals surface area contributed by atoms with E-state index in [1.807, 2.05) is 61.9 Å². The van der Waals surface area contributed by atoms with Crippen molar-refractivity contribution in [1.82, 2.24) is 14.8 Å². The summed E-state index contributed by atoms with van der Waals surface area (Å²) in [6, 6.07) is 11.4. The lowest BCUT2D eigenvalue weighted by Crippen LogP contribution is -2.15. The van der Waals surface area contributed by atoms with E-state index in [4.69, 9.17) is 14.2 Å². The fourth-order valence-electron chi connectivity index (χ4n) is 3.63. The molecule has 0 bridgehead atoms. The van der Waals surface area contributed by atoms with E-state index >= 15 is 0 Å². The third kappa shape index (κ3) is 4.52. The maximum Gasteiger partial charge on any atom is 0.234 e. The van der Waals surface area contributed by atoms with Crippen molar-refractivity contribution in [3.05, 3.63) is 42.0 Å². The Morgan fingerprint density at radius 1 is 1.28 bits per heavy atom. The molecule has 2 heterocycles. The highest BCUT2D eigenvalue weighted by Crippen LogP contribution is 2.38. The molecule has 0 spiro atoms. The number of methoxy groups -OCH3 is 1. The number of para-hydroxylation sites is 1. The number of nitrogens with one attached hydrogen (secondary N) is 1. The molecule has 0 fully saturated rings. The van der Waals surface area contributed by atoms with Gasteiger partial charge in [-0.1, -0.05) is 23.9 Å². The zero-order valence-corrected chi connectivity index (χ0v) is 19.4. The first-order chi connectivity index (χ1) is 15.5. The van der Waals surface area contributed by atoms with Gasteiger partial charge in [0.25, 0.3) is 0 Å². The summed E-state index contributed by atoms with van der Waals surface area (Å²) in [4.78, 5) is 12.7. The van der Waals surface area contributed by atoms with Crippen LogP contribution in [0.3, 0.4) is 0 Å². The average molecular weight is 455 g/mol. The molecule has 9 heteroatoms. The Labute approximate surface area is 191 Å². The fourth-order valence-corrected chi connectivity index (χ4v) is 4.34. The number of ether oxygens (including phenoxy) is 3. The highest BCUT2D eigenvalue weighted by atomic mass is 32.2. The summed E-state index contributed by atoms with van der Waals surface area (Å²) < 4.78 is 18.8. The lowest BCUT2D eigenvalue weighted by Gasteiger charge is -2.13. The molecule has 168 valence electrons. The minimum absolute atomic E-state index is 0.120. The van der Waals surface area contributed by atoms with E-state index in [9.17, 15) is 4.79 Å². The third-order valence-electron chi connectivity index (χ3n) is 5.09. The predicted molar refractivity (Wildman–Crippen MR) is 124 cm³/mol. The zero-order chi connectivity index (χ0) is 22.7. The number of rotatable bonds is 8. The molecular weight excluding hydrogens is 428 g/mol. The smallest absolute Gasteiger partial charge is 0.234 e. The van der Waals surface area contributed by atoms with Crippen LogP contribution in [0.4, 0.5) is 5.69 Å². The van der Waals surface area contributed by atoms with E-state index in [1.165, 1.54) is 11.8 Å². The first kappa shape index (κ1) is 22.0. The van der Waals surface area contributed by atoms with E-state index < -0.39 is 0 Å². The number of thioether (sulfide) groups is 1. The van der Waals surface area contributed by atoms with Crippen LogP contribution in [-0.4, -0.2) is 46.2 Å². The summed E-state index contributed by atoms with van der Waals surface area (Å²) in [7, 11) is 3.49. The molecule has 1 N–H and O–H groups in total. The quantitative estimate of drug-likeness (QED) is 0.516. The van der Waals surface area contributed by atoms with E-state index in [0.717, 1.165) is 23.3 Å². The van der Waals surface area contributed by atoms with Gasteiger partial charge in [-0.15, -0.1) is 10.2 Å². The van der Waals surface area contributed by atoms with Gasteiger partial charge in [-0.3, -0.25) is 4.79 Å². The predicted octanol–water partition coefficient (Wildman–Crippen LogP) is 3.94. The maximum absolute atomic E-state index is 12.7. The summed E-state index contributed by atoms with van der Waals surface area (Å²) in [6.07, 6.45) is 0.953. The zero-order valence-electron chi connectivity index (χ0n) is 18.5. The second-order valence-corrected chi connectivity index (χ2v) is 8.37. The van der Waals surface area contributed by atoms with Crippen LogP contribution in [-0.2, 0) is 18.3 Å². The molecule has 0 aliphatic carbocycles. The SMILES string of the molecule is CCOc1cc2c(cc1NC(=O)CSc1nnc(-c3ccccc3OC)n1C)O[C@@H](C)C2. The number of anilines is 1. The molecule has 1 aromatic heterocycles. The number of nitrogens with zero attached hydrogens (tertiary/aromatic N) is 3. The van der Waals surface area contributed by atoms with Gasteiger partial charge >= 0.3 is 0 Å². The Hall–Kier alpha value is -3.20. The normalized spacial score (nSPS) is 14.6. The number of aromatic nitrogens is 3. The Morgan fingerprint density at radius 3 is 2.88 bits per heavy atom. The van der Waals surface area contributed by atoms with Gasteiger partial charge in [-0.05, 0) is 32.0 Å². The van der Waals surface area contributed by atoms with Gasteiger partial charge in [0.05, 0.1) is 30.7 Å². The summed E-state index contributed by atoms with van der Waals surface area (Å²) in [6.45, 7) is 4.45. The Bertz CT molecular complexity index is 1130. The summed E-state index contributed by atoms with van der Waals surface area (Å²) in [5.74, 6) is 2.85. The third-order valence-corrected chi connectivity index (χ3v) is 6.11. The number of fused-ring (bicyclic) bond motifs is 1. The van der Waals surface area contributed by atoms with Crippen molar-refractivity contribution < 1.29 is 19.0 Å². The molecule has 0 radical (unpaired) electrons. The van der Waals surface area contributed by atoms with Crippen molar-refractivity contribution in [1.29, 1.82) is 0 Å². The largest absolute Gasteiger partial charge is 0.496 e. The number of hydrogen-bond acceptors (Lipinski definition) is 7. The lowest BCUT2D eigenvalue weighted by molar-refractivity contribution is -0.113. The van der Waals surface area contributed by atoms with Crippen LogP contribution >= 0.6 is 11.8 Å². The van der Waals surface area contributed by atoms with Crippen LogP contribution in [0, 0.1) is 0 Å². The van der Waals surface area contributed by atoms with Crippen LogP contribution in [0.15, 0.2) is 41.6 Å². The van der Waals surface area contributed by atoms with Crippen molar-refractivity contribution in [3.8, 4) is 28.6 Å². The molecule has 4 rings (SSSR count). The first-order valence-electron chi connectivity index (χ1n) is 10.4. The molecule has 32 heavy (non-hydrogen) atoms. The van der Waals surface area contributed by atoms with Gasteiger partial charge in [0.15, 0.2) is 11.0 Å². The summed E-state index contributed by atoms with van der Waals surface area (Å²) >= 11 is 1.31. The topological polar surface area (TPSA) is 87.5 Å². The van der Waals surface area contributed by atoms with Gasteiger partial charge in [-0.25, -0.2) is 0 Å². The van der Waals surface area contributed by atoms with Crippen LogP contribution in [0.5, 0.6) is 17.2 Å². The Kier molecular flexibility index (Phi) is 6.55. The number of carbonyl (C=O) groups excluding carboxylic acids is 1. The second kappa shape index (κ2) is 9.52. The Balaban J connectivity index is 1.45. The van der Waals surface area contributed by atoms with Crippen molar-refractivity contribution in [2.24, 2.45) is 7.05 Å². The van der Waals surface area contributed by atoms with E-state index in [1.54, 1.807) is 7.11 Å². The second-order valence-electron chi connectivity index (χ2n) is 7.42. The molecule has 1 amide bonds. The van der Waals surface area contributed by atoms with E-state index in [0.29, 0.717) is 34.8 Å². The molecular formula is C23H26N4O4S. The molecule has 8 nitrogen and oxygen atoms in total. The van der Waals surface area contributed by atoms with Gasteiger partial charge in [0.1, 0.15) is 23.4 Å². The maximum atomic E-state index is 12.7. The Morgan fingerprint density at radius 2 is 2.09 bits per heavy atom. The van der Waals surface area contributed by atoms with Crippen molar-refractivity contribution in [3.63, 3.8) is 0 Å². The molecule has 0 unspecified atom stereocenters. The van der Waals surface area contributed by atoms with Crippen molar-refractivity contribution in [2.45, 2.75) is 31.5 Å². The van der Waals surface area contributed by atoms with Crippen LogP contribution in [0.1, 0.15) is 19.4 Å². The van der Waals surface area contributed by atoms with E-state index in [-0.39, 0.29) is 17.8 Å². The first-order valence-corrected chi connectivity index (χ1v) is 11.4. The highest BCUT2D eigenvalue weighted by molar-refractivity contribution is 7.99. The summed E-state index contributed by atoms with van der Waals surface area (Å²) in [5, 5.41) is 12.1. The minimum Gasteiger partial charge on any atom is -0.496 e. The average Bonchev–Trinajstić information content (AvgIpc) is 3.33. The standard InChI is InChI=1S/C23H26N4O4S/c1-5-30-20-11-15-10-14(2)31-19(15)12-17(20)24-21(28)13-32-23-26-25-22(27(23)3)16-8-6-7-9-18(16)29-4/h6-9,11-12,14H,5,10,13H2,1-4H3,(H,24,28)/t14-/m0/s1. The van der Waals surface area contributed by atoms with Crippen LogP contribution in [0.25, 0.3) is 11.4 Å². The number of carbonyl (C=O) groups is 1. The molecule has 0 saturated heterocycles. The highest BCUT2D eigenvalue weighted by Gasteiger charge is 2.23. The lowest BCUT2D eigenvalue weighted by atomic mass is 10.1.